The first-order valence-corrected chi connectivity index (χ1v) is 4.61. The van der Waals surface area contributed by atoms with Gasteiger partial charge in [0.05, 0.1) is 12.1 Å². The molecule has 0 bridgehead atoms. The summed E-state index contributed by atoms with van der Waals surface area (Å²) in [4.78, 5) is 22.3. The number of nitrogens with zero attached hydrogens (tertiary/aromatic N) is 1. The first-order chi connectivity index (χ1) is 7.18. The second-order valence-corrected chi connectivity index (χ2v) is 3.36. The van der Waals surface area contributed by atoms with Gasteiger partial charge in [-0.15, -0.1) is 0 Å². The lowest BCUT2D eigenvalue weighted by Gasteiger charge is -2.22. The van der Waals surface area contributed by atoms with Crippen LogP contribution in [0.2, 0.25) is 0 Å². The molecule has 1 aliphatic heterocycles. The molecule has 2 amide bonds. The summed E-state index contributed by atoms with van der Waals surface area (Å²) in [5.74, 6) is -0.695. The number of hydrazine groups is 1. The Bertz CT molecular complexity index is 391. The Kier molecular flexibility index (Phi) is 2.29. The second kappa shape index (κ2) is 3.61. The standard InChI is InChI=1S/C10H11N3O2/c11-10(15)8-6-9(14)12-13(8)7-4-2-1-3-5-7/h1-5,8H,6H2,(H2,11,15)(H,12,14). The molecule has 1 unspecified atom stereocenters. The number of hydrogen-bond donors (Lipinski definition) is 2. The first kappa shape index (κ1) is 9.51. The molecule has 15 heavy (non-hydrogen) atoms. The third-order valence-electron chi connectivity index (χ3n) is 2.30. The van der Waals surface area contributed by atoms with Crippen LogP contribution >= 0.6 is 0 Å². The quantitative estimate of drug-likeness (QED) is 0.701. The maximum Gasteiger partial charge on any atom is 0.242 e. The van der Waals surface area contributed by atoms with Crippen molar-refractivity contribution >= 4 is 17.5 Å². The van der Waals surface area contributed by atoms with E-state index in [-0.39, 0.29) is 12.3 Å². The summed E-state index contributed by atoms with van der Waals surface area (Å²) in [7, 11) is 0. The fourth-order valence-electron chi connectivity index (χ4n) is 1.59. The van der Waals surface area contributed by atoms with E-state index >= 15 is 0 Å². The van der Waals surface area contributed by atoms with Crippen LogP contribution in [0.25, 0.3) is 0 Å². The maximum atomic E-state index is 11.2. The number of carbonyl (C=O) groups is 2. The van der Waals surface area contributed by atoms with Gasteiger partial charge in [0.25, 0.3) is 0 Å². The topological polar surface area (TPSA) is 75.4 Å². The molecule has 2 rings (SSSR count). The summed E-state index contributed by atoms with van der Waals surface area (Å²) in [5.41, 5.74) is 8.57. The van der Waals surface area contributed by atoms with Gasteiger partial charge in [-0.1, -0.05) is 18.2 Å². The van der Waals surface area contributed by atoms with Crippen LogP contribution in [0.5, 0.6) is 0 Å². The van der Waals surface area contributed by atoms with Gasteiger partial charge in [0, 0.05) is 0 Å². The highest BCUT2D eigenvalue weighted by molar-refractivity contribution is 5.94. The Balaban J connectivity index is 2.28. The number of hydrogen-bond acceptors (Lipinski definition) is 3. The zero-order chi connectivity index (χ0) is 10.8. The summed E-state index contributed by atoms with van der Waals surface area (Å²) in [6.45, 7) is 0. The van der Waals surface area contributed by atoms with E-state index in [1.165, 1.54) is 5.01 Å². The first-order valence-electron chi connectivity index (χ1n) is 4.61. The SMILES string of the molecule is NC(=O)C1CC(=O)NN1c1ccccc1. The fraction of sp³-hybridized carbons (Fsp3) is 0.200. The highest BCUT2D eigenvalue weighted by Gasteiger charge is 2.34. The molecule has 5 nitrogen and oxygen atoms in total. The molecule has 5 heteroatoms. The summed E-state index contributed by atoms with van der Waals surface area (Å²) < 4.78 is 0. The van der Waals surface area contributed by atoms with Crippen molar-refractivity contribution in [3.63, 3.8) is 0 Å². The summed E-state index contributed by atoms with van der Waals surface area (Å²) in [5, 5.41) is 1.50. The van der Waals surface area contributed by atoms with Gasteiger partial charge in [-0.05, 0) is 12.1 Å². The summed E-state index contributed by atoms with van der Waals surface area (Å²) in [6, 6.07) is 8.54. The third-order valence-corrected chi connectivity index (χ3v) is 2.30. The minimum absolute atomic E-state index is 0.115. The van der Waals surface area contributed by atoms with Crippen molar-refractivity contribution in [1.29, 1.82) is 0 Å². The van der Waals surface area contributed by atoms with E-state index in [4.69, 9.17) is 5.73 Å². The molecule has 78 valence electrons. The number of primary amides is 1. The normalized spacial score (nSPS) is 20.1. The fourth-order valence-corrected chi connectivity index (χ4v) is 1.59. The van der Waals surface area contributed by atoms with Gasteiger partial charge in [0.1, 0.15) is 6.04 Å². The Hall–Kier alpha value is -2.04. The molecular weight excluding hydrogens is 194 g/mol. The molecule has 0 saturated carbocycles. The van der Waals surface area contributed by atoms with E-state index in [1.54, 1.807) is 0 Å². The van der Waals surface area contributed by atoms with Gasteiger partial charge >= 0.3 is 0 Å². The average Bonchev–Trinajstić information content (AvgIpc) is 2.62. The molecule has 1 saturated heterocycles. The zero-order valence-corrected chi connectivity index (χ0v) is 8.01. The molecule has 1 aliphatic rings. The van der Waals surface area contributed by atoms with Gasteiger partial charge < -0.3 is 5.73 Å². The number of rotatable bonds is 2. The molecule has 1 aromatic rings. The molecule has 1 fully saturated rings. The van der Waals surface area contributed by atoms with Crippen molar-refractivity contribution in [2.24, 2.45) is 5.73 Å². The van der Waals surface area contributed by atoms with Crippen LogP contribution in [0.4, 0.5) is 5.69 Å². The smallest absolute Gasteiger partial charge is 0.242 e. The third kappa shape index (κ3) is 1.76. The van der Waals surface area contributed by atoms with Crippen LogP contribution in [-0.2, 0) is 9.59 Å². The number of benzene rings is 1. The van der Waals surface area contributed by atoms with Crippen LogP contribution in [0.3, 0.4) is 0 Å². The van der Waals surface area contributed by atoms with Gasteiger partial charge in [0.2, 0.25) is 11.8 Å². The number of amides is 2. The van der Waals surface area contributed by atoms with Crippen LogP contribution < -0.4 is 16.2 Å². The number of para-hydroxylation sites is 1. The maximum absolute atomic E-state index is 11.2. The largest absolute Gasteiger partial charge is 0.368 e. The molecule has 0 aliphatic carbocycles. The van der Waals surface area contributed by atoms with Crippen molar-refractivity contribution in [2.75, 3.05) is 5.01 Å². The van der Waals surface area contributed by atoms with Crippen LogP contribution in [0.1, 0.15) is 6.42 Å². The molecule has 0 radical (unpaired) electrons. The summed E-state index contributed by atoms with van der Waals surface area (Å²) >= 11 is 0. The van der Waals surface area contributed by atoms with Gasteiger partial charge in [-0.3, -0.25) is 20.0 Å². The van der Waals surface area contributed by atoms with E-state index in [0.717, 1.165) is 5.69 Å². The van der Waals surface area contributed by atoms with Gasteiger partial charge in [-0.25, -0.2) is 0 Å². The highest BCUT2D eigenvalue weighted by Crippen LogP contribution is 2.19. The molecule has 0 spiro atoms. The van der Waals surface area contributed by atoms with Crippen molar-refractivity contribution in [3.05, 3.63) is 30.3 Å². The average molecular weight is 205 g/mol. The number of anilines is 1. The van der Waals surface area contributed by atoms with Crippen molar-refractivity contribution < 1.29 is 9.59 Å². The predicted octanol–water partition coefficient (Wildman–Crippen LogP) is -0.218. The number of carbonyl (C=O) groups excluding carboxylic acids is 2. The Morgan fingerprint density at radius 1 is 1.40 bits per heavy atom. The molecule has 3 N–H and O–H groups in total. The monoisotopic (exact) mass is 205 g/mol. The second-order valence-electron chi connectivity index (χ2n) is 3.36. The molecular formula is C10H11N3O2. The molecule has 1 aromatic carbocycles. The van der Waals surface area contributed by atoms with E-state index in [2.05, 4.69) is 5.43 Å². The van der Waals surface area contributed by atoms with Crippen molar-refractivity contribution in [1.82, 2.24) is 5.43 Å². The summed E-state index contributed by atoms with van der Waals surface area (Å²) in [6.07, 6.45) is 0.115. The minimum Gasteiger partial charge on any atom is -0.368 e. The lowest BCUT2D eigenvalue weighted by Crippen LogP contribution is -2.45. The predicted molar refractivity (Wildman–Crippen MR) is 54.7 cm³/mol. The van der Waals surface area contributed by atoms with Gasteiger partial charge in [-0.2, -0.15) is 0 Å². The van der Waals surface area contributed by atoms with Crippen LogP contribution in [0, 0.1) is 0 Å². The van der Waals surface area contributed by atoms with Crippen LogP contribution in [0.15, 0.2) is 30.3 Å². The molecule has 1 atom stereocenters. The highest BCUT2D eigenvalue weighted by atomic mass is 16.2. The number of nitrogens with two attached hydrogens (primary N) is 1. The minimum atomic E-state index is -0.597. The number of nitrogens with one attached hydrogen (secondary N) is 1. The molecule has 0 aromatic heterocycles. The Labute approximate surface area is 86.8 Å². The van der Waals surface area contributed by atoms with E-state index in [9.17, 15) is 9.59 Å². The van der Waals surface area contributed by atoms with E-state index in [0.29, 0.717) is 0 Å². The lowest BCUT2D eigenvalue weighted by molar-refractivity contribution is -0.122. The Morgan fingerprint density at radius 2 is 2.07 bits per heavy atom. The van der Waals surface area contributed by atoms with Gasteiger partial charge in [0.15, 0.2) is 0 Å². The zero-order valence-electron chi connectivity index (χ0n) is 8.01. The van der Waals surface area contributed by atoms with Crippen LogP contribution in [-0.4, -0.2) is 17.9 Å². The van der Waals surface area contributed by atoms with E-state index < -0.39 is 11.9 Å². The van der Waals surface area contributed by atoms with Crippen molar-refractivity contribution in [2.45, 2.75) is 12.5 Å². The van der Waals surface area contributed by atoms with E-state index in [1.807, 2.05) is 30.3 Å². The Morgan fingerprint density at radius 3 is 2.67 bits per heavy atom. The molecule has 1 heterocycles. The lowest BCUT2D eigenvalue weighted by atomic mass is 10.2. The van der Waals surface area contributed by atoms with Crippen molar-refractivity contribution in [3.8, 4) is 0 Å².